The summed E-state index contributed by atoms with van der Waals surface area (Å²) in [6.07, 6.45) is 1.60. The lowest BCUT2D eigenvalue weighted by Crippen LogP contribution is -2.20. The number of fused-ring (bicyclic) bond motifs is 1. The van der Waals surface area contributed by atoms with Crippen LogP contribution in [-0.4, -0.2) is 20.7 Å². The van der Waals surface area contributed by atoms with Crippen LogP contribution in [0.25, 0.3) is 16.5 Å². The molecule has 5 nitrogen and oxygen atoms in total. The highest BCUT2D eigenvalue weighted by atomic mass is 79.9. The molecule has 3 aromatic rings. The van der Waals surface area contributed by atoms with Gasteiger partial charge in [-0.05, 0) is 64.8 Å². The summed E-state index contributed by atoms with van der Waals surface area (Å²) in [4.78, 5) is 24.3. The predicted molar refractivity (Wildman–Crippen MR) is 90.6 cm³/mol. The van der Waals surface area contributed by atoms with Crippen molar-refractivity contribution in [2.75, 3.05) is 0 Å². The summed E-state index contributed by atoms with van der Waals surface area (Å²) < 4.78 is 1.97. The van der Waals surface area contributed by atoms with Crippen molar-refractivity contribution in [3.63, 3.8) is 0 Å². The number of rotatable bonds is 2. The Labute approximate surface area is 139 Å². The maximum absolute atomic E-state index is 12.8. The van der Waals surface area contributed by atoms with Crippen LogP contribution < -0.4 is 5.56 Å². The molecule has 0 aliphatic heterocycles. The fourth-order valence-corrected chi connectivity index (χ4v) is 3.06. The highest BCUT2D eigenvalue weighted by Gasteiger charge is 2.17. The average Bonchev–Trinajstić information content (AvgIpc) is 2.51. The molecule has 0 spiro atoms. The third kappa shape index (κ3) is 2.61. The van der Waals surface area contributed by atoms with Crippen molar-refractivity contribution in [3.8, 4) is 11.4 Å². The van der Waals surface area contributed by atoms with E-state index < -0.39 is 11.5 Å². The van der Waals surface area contributed by atoms with Gasteiger partial charge in [-0.1, -0.05) is 0 Å². The summed E-state index contributed by atoms with van der Waals surface area (Å²) in [7, 11) is 0. The summed E-state index contributed by atoms with van der Waals surface area (Å²) in [5, 5.41) is 19.5. The molecule has 0 unspecified atom stereocenters. The topological polar surface area (TPSA) is 79.5 Å². The van der Waals surface area contributed by atoms with Crippen molar-refractivity contribution in [2.45, 2.75) is 6.92 Å². The minimum atomic E-state index is -1.15. The van der Waals surface area contributed by atoms with Crippen LogP contribution in [0.1, 0.15) is 15.9 Å². The van der Waals surface area contributed by atoms with Gasteiger partial charge in [-0.25, -0.2) is 4.79 Å². The second-order valence-corrected chi connectivity index (χ2v) is 6.06. The first-order chi connectivity index (χ1) is 10.9. The van der Waals surface area contributed by atoms with Crippen molar-refractivity contribution in [3.05, 3.63) is 68.5 Å². The normalized spacial score (nSPS) is 10.9. The zero-order valence-electron chi connectivity index (χ0n) is 12.1. The van der Waals surface area contributed by atoms with E-state index in [4.69, 9.17) is 0 Å². The first-order valence-electron chi connectivity index (χ1n) is 6.76. The molecule has 2 N–H and O–H groups in total. The number of hydrogen-bond acceptors (Lipinski definition) is 3. The monoisotopic (exact) mass is 373 g/mol. The van der Waals surface area contributed by atoms with Gasteiger partial charge in [0.05, 0.1) is 10.9 Å². The largest absolute Gasteiger partial charge is 0.508 e. The highest BCUT2D eigenvalue weighted by molar-refractivity contribution is 9.10. The summed E-state index contributed by atoms with van der Waals surface area (Å²) in [5.41, 5.74) is 0.842. The van der Waals surface area contributed by atoms with Crippen molar-refractivity contribution in [1.82, 2.24) is 4.57 Å². The summed E-state index contributed by atoms with van der Waals surface area (Å²) in [5.74, 6) is -1.06. The number of phenols is 1. The molecule has 6 heteroatoms. The van der Waals surface area contributed by atoms with Gasteiger partial charge < -0.3 is 10.2 Å². The van der Waals surface area contributed by atoms with Crippen molar-refractivity contribution in [1.29, 1.82) is 0 Å². The molecule has 116 valence electrons. The Balaban J connectivity index is 2.43. The lowest BCUT2D eigenvalue weighted by atomic mass is 10.0. The van der Waals surface area contributed by atoms with E-state index in [9.17, 15) is 19.8 Å². The first-order valence-corrected chi connectivity index (χ1v) is 7.56. The second-order valence-electron chi connectivity index (χ2n) is 5.21. The van der Waals surface area contributed by atoms with E-state index in [2.05, 4.69) is 15.9 Å². The van der Waals surface area contributed by atoms with Crippen LogP contribution in [0.3, 0.4) is 0 Å². The molecular formula is C17H12BrNO4. The van der Waals surface area contributed by atoms with Gasteiger partial charge in [0, 0.05) is 21.7 Å². The Hall–Kier alpha value is -2.60. The highest BCUT2D eigenvalue weighted by Crippen LogP contribution is 2.27. The van der Waals surface area contributed by atoms with Crippen molar-refractivity contribution < 1.29 is 15.0 Å². The first kappa shape index (κ1) is 15.3. The molecule has 0 aliphatic rings. The number of aromatic nitrogens is 1. The van der Waals surface area contributed by atoms with Gasteiger partial charge in [-0.2, -0.15) is 0 Å². The molecular weight excluding hydrogens is 362 g/mol. The van der Waals surface area contributed by atoms with Crippen LogP contribution in [0.4, 0.5) is 0 Å². The molecule has 0 saturated carbocycles. The lowest BCUT2D eigenvalue weighted by Gasteiger charge is -2.12. The fraction of sp³-hybridized carbons (Fsp3) is 0.0588. The number of nitrogens with zero attached hydrogens (tertiary/aromatic N) is 1. The molecule has 23 heavy (non-hydrogen) atoms. The van der Waals surface area contributed by atoms with Crippen molar-refractivity contribution >= 4 is 32.7 Å². The van der Waals surface area contributed by atoms with E-state index >= 15 is 0 Å². The van der Waals surface area contributed by atoms with Gasteiger partial charge in [0.2, 0.25) is 0 Å². The third-order valence-electron chi connectivity index (χ3n) is 3.57. The minimum absolute atomic E-state index is 0.0289. The van der Waals surface area contributed by atoms with Gasteiger partial charge in [-0.15, -0.1) is 0 Å². The molecule has 0 saturated heterocycles. The number of hydrogen-bond donors (Lipinski definition) is 2. The molecule has 3 rings (SSSR count). The van der Waals surface area contributed by atoms with Gasteiger partial charge in [-0.3, -0.25) is 9.36 Å². The van der Waals surface area contributed by atoms with E-state index in [0.717, 1.165) is 5.56 Å². The van der Waals surface area contributed by atoms with Gasteiger partial charge in [0.25, 0.3) is 5.56 Å². The van der Waals surface area contributed by atoms with Crippen LogP contribution in [0.5, 0.6) is 5.75 Å². The standard InChI is InChI=1S/C17H12BrNO4/c1-9-6-12-14(18)8-19(10-2-4-11(20)5-3-10)16(21)15(12)13(7-9)17(22)23/h2-8,20H,1H3,(H,22,23). The molecule has 1 heterocycles. The molecule has 0 amide bonds. The Morgan fingerprint density at radius 3 is 2.43 bits per heavy atom. The predicted octanol–water partition coefficient (Wildman–Crippen LogP) is 3.47. The molecule has 0 aliphatic carbocycles. The number of carboxylic acids is 1. The molecule has 0 fully saturated rings. The molecule has 0 radical (unpaired) electrons. The number of aromatic carboxylic acids is 1. The summed E-state index contributed by atoms with van der Waals surface area (Å²) >= 11 is 3.41. The number of pyridine rings is 1. The summed E-state index contributed by atoms with van der Waals surface area (Å²) in [6, 6.07) is 9.36. The number of benzene rings is 2. The van der Waals surface area contributed by atoms with Crippen LogP contribution in [0, 0.1) is 6.92 Å². The Bertz CT molecular complexity index is 990. The zero-order chi connectivity index (χ0) is 16.7. The SMILES string of the molecule is Cc1cc(C(=O)O)c2c(=O)n(-c3ccc(O)cc3)cc(Br)c2c1. The van der Waals surface area contributed by atoms with Crippen molar-refractivity contribution in [2.24, 2.45) is 0 Å². The quantitative estimate of drug-likeness (QED) is 0.720. The number of halogens is 1. The maximum atomic E-state index is 12.8. The van der Waals surface area contributed by atoms with Crippen LogP contribution >= 0.6 is 15.9 Å². The molecule has 0 bridgehead atoms. The number of phenolic OH excluding ortho intramolecular Hbond substituents is 1. The van der Waals surface area contributed by atoms with Crippen LogP contribution in [-0.2, 0) is 0 Å². The molecule has 0 atom stereocenters. The smallest absolute Gasteiger partial charge is 0.336 e. The van der Waals surface area contributed by atoms with Crippen LogP contribution in [0.2, 0.25) is 0 Å². The van der Waals surface area contributed by atoms with Gasteiger partial charge >= 0.3 is 5.97 Å². The molecule has 1 aromatic heterocycles. The van der Waals surface area contributed by atoms with E-state index in [-0.39, 0.29) is 16.7 Å². The van der Waals surface area contributed by atoms with Crippen LogP contribution in [0.15, 0.2) is 51.9 Å². The van der Waals surface area contributed by atoms with Gasteiger partial charge in [0.1, 0.15) is 5.75 Å². The Morgan fingerprint density at radius 1 is 1.17 bits per heavy atom. The second kappa shape index (κ2) is 5.55. The summed E-state index contributed by atoms with van der Waals surface area (Å²) in [6.45, 7) is 1.78. The lowest BCUT2D eigenvalue weighted by molar-refractivity contribution is 0.0699. The minimum Gasteiger partial charge on any atom is -0.508 e. The zero-order valence-corrected chi connectivity index (χ0v) is 13.7. The number of carboxylic acid groups (broad SMARTS) is 1. The number of carbonyl (C=O) groups is 1. The van der Waals surface area contributed by atoms with E-state index in [1.165, 1.54) is 22.8 Å². The Kier molecular flexibility index (Phi) is 3.69. The number of aromatic hydroxyl groups is 1. The fourth-order valence-electron chi connectivity index (χ4n) is 2.54. The van der Waals surface area contributed by atoms with E-state index in [1.54, 1.807) is 31.3 Å². The Morgan fingerprint density at radius 2 is 1.83 bits per heavy atom. The van der Waals surface area contributed by atoms with E-state index in [1.807, 2.05) is 0 Å². The number of aryl methyl sites for hydroxylation is 1. The maximum Gasteiger partial charge on any atom is 0.336 e. The van der Waals surface area contributed by atoms with E-state index in [0.29, 0.717) is 15.5 Å². The molecule has 2 aromatic carbocycles. The van der Waals surface area contributed by atoms with Gasteiger partial charge in [0.15, 0.2) is 0 Å². The average molecular weight is 374 g/mol. The third-order valence-corrected chi connectivity index (χ3v) is 4.21.